The van der Waals surface area contributed by atoms with E-state index in [1.54, 1.807) is 23.3 Å². The van der Waals surface area contributed by atoms with Crippen molar-refractivity contribution in [3.8, 4) is 0 Å². The summed E-state index contributed by atoms with van der Waals surface area (Å²) in [5.74, 6) is 0.559. The van der Waals surface area contributed by atoms with Gasteiger partial charge in [0.05, 0.1) is 23.9 Å². The van der Waals surface area contributed by atoms with Crippen molar-refractivity contribution in [3.05, 3.63) is 101 Å². The SMILES string of the molecule is C=C(OC(C)(C)C)N1CCC[C@@H]1[C@@H](O)[C@H](Cc1ccccc1)NC(=O)c1cc(C)cc(C(=O)N2CCC[C@@H]2c2nc(C)co2)c1. The molecule has 2 aliphatic rings. The minimum absolute atomic E-state index is 0.161. The molecule has 240 valence electrons. The second kappa shape index (κ2) is 13.5. The third kappa shape index (κ3) is 7.76. The summed E-state index contributed by atoms with van der Waals surface area (Å²) in [5.41, 5.74) is 2.96. The fraction of sp³-hybridized carbons (Fsp3) is 0.472. The normalized spacial score (nSPS) is 19.8. The molecule has 2 aromatic carbocycles. The number of ether oxygens (including phenoxy) is 1. The van der Waals surface area contributed by atoms with E-state index in [1.165, 1.54) is 0 Å². The molecule has 1 aromatic heterocycles. The number of carbonyl (C=O) groups is 2. The highest BCUT2D eigenvalue weighted by molar-refractivity contribution is 6.00. The first-order valence-corrected chi connectivity index (χ1v) is 15.9. The number of aromatic nitrogens is 1. The number of oxazole rings is 1. The van der Waals surface area contributed by atoms with Crippen LogP contribution in [0.3, 0.4) is 0 Å². The minimum Gasteiger partial charge on any atom is -0.474 e. The number of carbonyl (C=O) groups excluding carboxylic acids is 2. The Balaban J connectivity index is 1.37. The van der Waals surface area contributed by atoms with Gasteiger partial charge in [-0.2, -0.15) is 0 Å². The lowest BCUT2D eigenvalue weighted by Crippen LogP contribution is -2.53. The number of aliphatic hydroxyl groups is 1. The Labute approximate surface area is 266 Å². The summed E-state index contributed by atoms with van der Waals surface area (Å²) in [6.07, 6.45) is 4.40. The van der Waals surface area contributed by atoms with Crippen molar-refractivity contribution in [2.75, 3.05) is 13.1 Å². The van der Waals surface area contributed by atoms with Crippen molar-refractivity contribution in [1.29, 1.82) is 0 Å². The fourth-order valence-corrected chi connectivity index (χ4v) is 6.51. The molecule has 0 aliphatic carbocycles. The van der Waals surface area contributed by atoms with Crippen LogP contribution in [0.2, 0.25) is 0 Å². The third-order valence-electron chi connectivity index (χ3n) is 8.49. The topological polar surface area (TPSA) is 108 Å². The van der Waals surface area contributed by atoms with Gasteiger partial charge in [-0.25, -0.2) is 4.98 Å². The Hall–Kier alpha value is -4.11. The molecule has 2 amide bonds. The minimum atomic E-state index is -0.891. The zero-order valence-corrected chi connectivity index (χ0v) is 27.1. The molecule has 0 bridgehead atoms. The number of nitrogens with one attached hydrogen (secondary N) is 1. The predicted molar refractivity (Wildman–Crippen MR) is 173 cm³/mol. The van der Waals surface area contributed by atoms with Gasteiger partial charge in [0.15, 0.2) is 5.88 Å². The zero-order chi connectivity index (χ0) is 32.3. The van der Waals surface area contributed by atoms with Gasteiger partial charge >= 0.3 is 0 Å². The van der Waals surface area contributed by atoms with Crippen LogP contribution >= 0.6 is 0 Å². The predicted octanol–water partition coefficient (Wildman–Crippen LogP) is 5.72. The molecule has 0 radical (unpaired) electrons. The van der Waals surface area contributed by atoms with Crippen molar-refractivity contribution in [2.24, 2.45) is 0 Å². The third-order valence-corrected chi connectivity index (χ3v) is 8.49. The summed E-state index contributed by atoms with van der Waals surface area (Å²) in [4.78, 5) is 35.9. The van der Waals surface area contributed by atoms with Crippen LogP contribution in [0.25, 0.3) is 0 Å². The molecule has 0 saturated carbocycles. The molecular formula is C36H46N4O5. The van der Waals surface area contributed by atoms with E-state index in [2.05, 4.69) is 16.9 Å². The maximum atomic E-state index is 13.9. The first-order chi connectivity index (χ1) is 21.4. The number of nitrogens with zero attached hydrogens (tertiary/aromatic N) is 3. The standard InChI is InChI=1S/C36H46N4O5/c1-23-18-27(21-28(19-23)35(43)40-17-11-15-31(40)34-37-24(2)22-44-34)33(42)38-29(20-26-12-8-7-9-13-26)32(41)30-14-10-16-39(30)25(3)45-36(4,5)6/h7-9,12-13,18-19,21-22,29-32,41H,3,10-11,14-17,20H2,1-2,4-6H3,(H,38,42)/t29-,30+,31+,32-/m0/s1. The Morgan fingerprint density at radius 2 is 1.76 bits per heavy atom. The number of aryl methyl sites for hydroxylation is 2. The Morgan fingerprint density at radius 3 is 2.44 bits per heavy atom. The van der Waals surface area contributed by atoms with Crippen LogP contribution in [-0.4, -0.2) is 68.6 Å². The van der Waals surface area contributed by atoms with Crippen molar-refractivity contribution >= 4 is 11.8 Å². The van der Waals surface area contributed by atoms with Crippen LogP contribution in [-0.2, 0) is 11.2 Å². The Morgan fingerprint density at radius 1 is 1.07 bits per heavy atom. The van der Waals surface area contributed by atoms with Crippen LogP contribution in [0.5, 0.6) is 0 Å². The largest absolute Gasteiger partial charge is 0.474 e. The highest BCUT2D eigenvalue weighted by Gasteiger charge is 2.38. The van der Waals surface area contributed by atoms with Gasteiger partial charge in [-0.15, -0.1) is 0 Å². The molecule has 9 nitrogen and oxygen atoms in total. The summed E-state index contributed by atoms with van der Waals surface area (Å²) in [6.45, 7) is 15.1. The van der Waals surface area contributed by atoms with E-state index in [4.69, 9.17) is 9.15 Å². The lowest BCUT2D eigenvalue weighted by Gasteiger charge is -2.37. The van der Waals surface area contributed by atoms with Gasteiger partial charge in [-0.1, -0.05) is 30.3 Å². The van der Waals surface area contributed by atoms with E-state index >= 15 is 0 Å². The maximum absolute atomic E-state index is 13.9. The lowest BCUT2D eigenvalue weighted by atomic mass is 9.94. The summed E-state index contributed by atoms with van der Waals surface area (Å²) in [5, 5.41) is 15.0. The van der Waals surface area contributed by atoms with Crippen LogP contribution in [0.4, 0.5) is 0 Å². The summed E-state index contributed by atoms with van der Waals surface area (Å²) in [7, 11) is 0. The van der Waals surface area contributed by atoms with Crippen molar-refractivity contribution in [2.45, 2.75) is 96.6 Å². The number of benzene rings is 2. The molecule has 0 spiro atoms. The second-order valence-corrected chi connectivity index (χ2v) is 13.3. The van der Waals surface area contributed by atoms with Gasteiger partial charge in [-0.3, -0.25) is 9.59 Å². The lowest BCUT2D eigenvalue weighted by molar-refractivity contribution is -0.0251. The van der Waals surface area contributed by atoms with Crippen molar-refractivity contribution in [1.82, 2.24) is 20.1 Å². The summed E-state index contributed by atoms with van der Waals surface area (Å²) >= 11 is 0. The Kier molecular flexibility index (Phi) is 9.68. The quantitative estimate of drug-likeness (QED) is 0.281. The van der Waals surface area contributed by atoms with Crippen LogP contribution in [0, 0.1) is 13.8 Å². The van der Waals surface area contributed by atoms with E-state index in [1.807, 2.05) is 75.9 Å². The van der Waals surface area contributed by atoms with Gasteiger partial charge < -0.3 is 29.4 Å². The molecule has 9 heteroatoms. The van der Waals surface area contributed by atoms with Gasteiger partial charge in [0, 0.05) is 24.2 Å². The highest BCUT2D eigenvalue weighted by Crippen LogP contribution is 2.33. The highest BCUT2D eigenvalue weighted by atomic mass is 16.5. The number of amides is 2. The number of hydrogen-bond donors (Lipinski definition) is 2. The molecule has 2 saturated heterocycles. The smallest absolute Gasteiger partial charge is 0.254 e. The zero-order valence-electron chi connectivity index (χ0n) is 27.1. The van der Waals surface area contributed by atoms with E-state index in [9.17, 15) is 14.7 Å². The van der Waals surface area contributed by atoms with Gasteiger partial charge in [0.1, 0.15) is 17.9 Å². The first kappa shape index (κ1) is 32.3. The van der Waals surface area contributed by atoms with Crippen LogP contribution in [0.1, 0.15) is 95.9 Å². The second-order valence-electron chi connectivity index (χ2n) is 13.3. The molecule has 3 aromatic rings. The maximum Gasteiger partial charge on any atom is 0.254 e. The summed E-state index contributed by atoms with van der Waals surface area (Å²) < 4.78 is 11.7. The molecule has 4 atom stereocenters. The molecular weight excluding hydrogens is 568 g/mol. The molecule has 3 heterocycles. The summed E-state index contributed by atoms with van der Waals surface area (Å²) in [6, 6.07) is 14.0. The number of hydrogen-bond acceptors (Lipinski definition) is 7. The van der Waals surface area contributed by atoms with Gasteiger partial charge in [0.25, 0.3) is 11.8 Å². The molecule has 45 heavy (non-hydrogen) atoms. The Bertz CT molecular complexity index is 1510. The fourth-order valence-electron chi connectivity index (χ4n) is 6.51. The monoisotopic (exact) mass is 614 g/mol. The number of aliphatic hydroxyl groups excluding tert-OH is 1. The average Bonchev–Trinajstić information content (AvgIpc) is 3.76. The van der Waals surface area contributed by atoms with E-state index in [0.29, 0.717) is 35.9 Å². The average molecular weight is 615 g/mol. The number of rotatable bonds is 10. The molecule has 2 N–H and O–H groups in total. The molecule has 2 fully saturated rings. The van der Waals surface area contributed by atoms with Gasteiger partial charge in [-0.05, 0) is 103 Å². The van der Waals surface area contributed by atoms with Crippen molar-refractivity contribution < 1.29 is 23.8 Å². The van der Waals surface area contributed by atoms with Crippen molar-refractivity contribution in [3.63, 3.8) is 0 Å². The van der Waals surface area contributed by atoms with E-state index in [-0.39, 0.29) is 23.9 Å². The first-order valence-electron chi connectivity index (χ1n) is 15.9. The van der Waals surface area contributed by atoms with Gasteiger partial charge in [0.2, 0.25) is 5.89 Å². The molecule has 0 unspecified atom stereocenters. The molecule has 5 rings (SSSR count). The van der Waals surface area contributed by atoms with Crippen LogP contribution in [0.15, 0.2) is 71.7 Å². The number of likely N-dealkylation sites (tertiary alicyclic amines) is 2. The van der Waals surface area contributed by atoms with Crippen LogP contribution < -0.4 is 5.32 Å². The van der Waals surface area contributed by atoms with E-state index < -0.39 is 17.7 Å². The van der Waals surface area contributed by atoms with E-state index in [0.717, 1.165) is 49.0 Å². The molecule has 2 aliphatic heterocycles.